The van der Waals surface area contributed by atoms with Crippen LogP contribution in [-0.4, -0.2) is 21.0 Å². The van der Waals surface area contributed by atoms with Gasteiger partial charge < -0.3 is 16.0 Å². The van der Waals surface area contributed by atoms with Gasteiger partial charge in [-0.05, 0) is 50.2 Å². The van der Waals surface area contributed by atoms with Gasteiger partial charge in [0.25, 0.3) is 0 Å². The van der Waals surface area contributed by atoms with E-state index < -0.39 is 0 Å². The minimum Gasteiger partial charge on any atom is -0.324 e. The number of carbonyl (C=O) groups excluding carboxylic acids is 1. The van der Waals surface area contributed by atoms with E-state index in [9.17, 15) is 4.79 Å². The quantitative estimate of drug-likeness (QED) is 0.394. The normalized spacial score (nSPS) is 10.5. The molecule has 2 aromatic heterocycles. The lowest BCUT2D eigenvalue weighted by atomic mass is 10.2. The van der Waals surface area contributed by atoms with Crippen LogP contribution in [0.25, 0.3) is 10.6 Å². The standard InChI is InChI=1S/C22H20N6OS/c1-14-20(30-15(2)24-14)19-11-12-23-21(28-19)25-17-9-6-10-18(13-17)27-22(29)26-16-7-4-3-5-8-16/h3-13H,1-2H3,(H,23,25,28)(H2,26,27,29). The summed E-state index contributed by atoms with van der Waals surface area (Å²) in [4.78, 5) is 26.6. The van der Waals surface area contributed by atoms with E-state index in [1.807, 2.05) is 74.5 Å². The van der Waals surface area contributed by atoms with Gasteiger partial charge in [-0.3, -0.25) is 0 Å². The molecule has 4 aromatic rings. The van der Waals surface area contributed by atoms with Crippen LogP contribution >= 0.6 is 11.3 Å². The van der Waals surface area contributed by atoms with Crippen molar-refractivity contribution in [3.05, 3.63) is 77.6 Å². The van der Waals surface area contributed by atoms with Crippen LogP contribution in [0.2, 0.25) is 0 Å². The van der Waals surface area contributed by atoms with Gasteiger partial charge in [0.15, 0.2) is 0 Å². The molecule has 0 spiro atoms. The van der Waals surface area contributed by atoms with Gasteiger partial charge in [0.05, 0.1) is 21.3 Å². The second kappa shape index (κ2) is 8.71. The molecule has 0 aliphatic heterocycles. The summed E-state index contributed by atoms with van der Waals surface area (Å²) >= 11 is 1.61. The molecular weight excluding hydrogens is 396 g/mol. The van der Waals surface area contributed by atoms with Crippen LogP contribution in [-0.2, 0) is 0 Å². The Kier molecular flexibility index (Phi) is 5.67. The molecule has 0 atom stereocenters. The summed E-state index contributed by atoms with van der Waals surface area (Å²) in [6.07, 6.45) is 1.72. The summed E-state index contributed by atoms with van der Waals surface area (Å²) in [7, 11) is 0. The molecule has 2 amide bonds. The number of hydrogen-bond donors (Lipinski definition) is 3. The van der Waals surface area contributed by atoms with E-state index in [1.165, 1.54) is 0 Å². The van der Waals surface area contributed by atoms with Gasteiger partial charge >= 0.3 is 6.03 Å². The zero-order valence-electron chi connectivity index (χ0n) is 16.5. The fourth-order valence-corrected chi connectivity index (χ4v) is 3.82. The van der Waals surface area contributed by atoms with Crippen molar-refractivity contribution >= 4 is 40.4 Å². The van der Waals surface area contributed by atoms with E-state index in [1.54, 1.807) is 17.5 Å². The summed E-state index contributed by atoms with van der Waals surface area (Å²) in [6.45, 7) is 3.96. The Morgan fingerprint density at radius 1 is 0.867 bits per heavy atom. The fraction of sp³-hybridized carbons (Fsp3) is 0.0909. The van der Waals surface area contributed by atoms with E-state index >= 15 is 0 Å². The Morgan fingerprint density at radius 2 is 1.60 bits per heavy atom. The summed E-state index contributed by atoms with van der Waals surface area (Å²) < 4.78 is 0. The molecule has 0 bridgehead atoms. The molecular formula is C22H20N6OS. The number of aryl methyl sites for hydroxylation is 2. The van der Waals surface area contributed by atoms with Gasteiger partial charge in [-0.25, -0.2) is 19.7 Å². The molecule has 150 valence electrons. The molecule has 0 radical (unpaired) electrons. The average molecular weight is 417 g/mol. The molecule has 30 heavy (non-hydrogen) atoms. The van der Waals surface area contributed by atoms with Crippen LogP contribution in [0.4, 0.5) is 27.8 Å². The van der Waals surface area contributed by atoms with Crippen LogP contribution in [0.3, 0.4) is 0 Å². The Bertz CT molecular complexity index is 1180. The van der Waals surface area contributed by atoms with E-state index in [0.717, 1.165) is 32.6 Å². The van der Waals surface area contributed by atoms with Crippen molar-refractivity contribution in [3.63, 3.8) is 0 Å². The Morgan fingerprint density at radius 3 is 2.37 bits per heavy atom. The maximum atomic E-state index is 12.2. The number of nitrogens with one attached hydrogen (secondary N) is 3. The van der Waals surface area contributed by atoms with Crippen LogP contribution in [0.15, 0.2) is 66.9 Å². The van der Waals surface area contributed by atoms with Gasteiger partial charge in [-0.2, -0.15) is 0 Å². The Balaban J connectivity index is 1.46. The topological polar surface area (TPSA) is 91.8 Å². The number of aromatic nitrogens is 3. The second-order valence-electron chi connectivity index (χ2n) is 6.56. The number of benzene rings is 2. The van der Waals surface area contributed by atoms with E-state index in [-0.39, 0.29) is 6.03 Å². The minimum atomic E-state index is -0.312. The zero-order valence-corrected chi connectivity index (χ0v) is 17.3. The highest BCUT2D eigenvalue weighted by atomic mass is 32.1. The van der Waals surface area contributed by atoms with Crippen molar-refractivity contribution in [2.24, 2.45) is 0 Å². The molecule has 2 aromatic carbocycles. The average Bonchev–Trinajstić information content (AvgIpc) is 3.07. The highest BCUT2D eigenvalue weighted by molar-refractivity contribution is 7.15. The van der Waals surface area contributed by atoms with Crippen molar-refractivity contribution in [1.82, 2.24) is 15.0 Å². The SMILES string of the molecule is Cc1nc(C)c(-c2ccnc(Nc3cccc(NC(=O)Nc4ccccc4)c3)n2)s1. The maximum Gasteiger partial charge on any atom is 0.323 e. The first-order chi connectivity index (χ1) is 14.6. The monoisotopic (exact) mass is 416 g/mol. The number of carbonyl (C=O) groups is 1. The predicted molar refractivity (Wildman–Crippen MR) is 121 cm³/mol. The van der Waals surface area contributed by atoms with Gasteiger partial charge in [-0.15, -0.1) is 11.3 Å². The first kappa shape index (κ1) is 19.5. The van der Waals surface area contributed by atoms with Gasteiger partial charge in [0.1, 0.15) is 0 Å². The summed E-state index contributed by atoms with van der Waals surface area (Å²) in [5, 5.41) is 9.82. The number of rotatable bonds is 5. The zero-order chi connectivity index (χ0) is 20.9. The van der Waals surface area contributed by atoms with Gasteiger partial charge in [-0.1, -0.05) is 24.3 Å². The third-order valence-corrected chi connectivity index (χ3v) is 5.30. The summed E-state index contributed by atoms with van der Waals surface area (Å²) in [5.41, 5.74) is 3.92. The highest BCUT2D eigenvalue weighted by Crippen LogP contribution is 2.29. The van der Waals surface area contributed by atoms with Gasteiger partial charge in [0.2, 0.25) is 5.95 Å². The molecule has 3 N–H and O–H groups in total. The number of thiazole rings is 1. The molecule has 0 aliphatic rings. The summed E-state index contributed by atoms with van der Waals surface area (Å²) in [5.74, 6) is 0.476. The van der Waals surface area contributed by atoms with Crippen molar-refractivity contribution in [3.8, 4) is 10.6 Å². The third-order valence-electron chi connectivity index (χ3n) is 4.20. The molecule has 7 nitrogen and oxygen atoms in total. The fourth-order valence-electron chi connectivity index (χ4n) is 2.93. The molecule has 2 heterocycles. The van der Waals surface area contributed by atoms with Crippen molar-refractivity contribution in [2.45, 2.75) is 13.8 Å². The number of hydrogen-bond acceptors (Lipinski definition) is 6. The smallest absolute Gasteiger partial charge is 0.323 e. The van der Waals surface area contributed by atoms with Crippen LogP contribution < -0.4 is 16.0 Å². The van der Waals surface area contributed by atoms with Crippen LogP contribution in [0.1, 0.15) is 10.7 Å². The molecule has 0 unspecified atom stereocenters. The number of para-hydroxylation sites is 1. The molecule has 0 aliphatic carbocycles. The van der Waals surface area contributed by atoms with Crippen LogP contribution in [0, 0.1) is 13.8 Å². The lowest BCUT2D eigenvalue weighted by molar-refractivity contribution is 0.262. The predicted octanol–water partition coefficient (Wildman–Crippen LogP) is 5.60. The highest BCUT2D eigenvalue weighted by Gasteiger charge is 2.10. The lowest BCUT2D eigenvalue weighted by Gasteiger charge is -2.10. The number of anilines is 4. The van der Waals surface area contributed by atoms with Crippen molar-refractivity contribution < 1.29 is 4.79 Å². The summed E-state index contributed by atoms with van der Waals surface area (Å²) in [6, 6.07) is 18.2. The van der Waals surface area contributed by atoms with E-state index in [4.69, 9.17) is 0 Å². The van der Waals surface area contributed by atoms with E-state index in [0.29, 0.717) is 11.6 Å². The van der Waals surface area contributed by atoms with Crippen LogP contribution in [0.5, 0.6) is 0 Å². The Hall–Kier alpha value is -3.78. The molecule has 0 saturated carbocycles. The first-order valence-corrected chi connectivity index (χ1v) is 10.2. The molecule has 4 rings (SSSR count). The van der Waals surface area contributed by atoms with Crippen molar-refractivity contribution in [2.75, 3.05) is 16.0 Å². The third kappa shape index (κ3) is 4.79. The number of urea groups is 1. The number of nitrogens with zero attached hydrogens (tertiary/aromatic N) is 3. The largest absolute Gasteiger partial charge is 0.324 e. The van der Waals surface area contributed by atoms with Gasteiger partial charge in [0, 0.05) is 23.3 Å². The van der Waals surface area contributed by atoms with Crippen molar-refractivity contribution in [1.29, 1.82) is 0 Å². The lowest BCUT2D eigenvalue weighted by Crippen LogP contribution is -2.19. The maximum absolute atomic E-state index is 12.2. The second-order valence-corrected chi connectivity index (χ2v) is 7.77. The molecule has 0 saturated heterocycles. The minimum absolute atomic E-state index is 0.312. The Labute approximate surface area is 178 Å². The van der Waals surface area contributed by atoms with E-state index in [2.05, 4.69) is 30.9 Å². The first-order valence-electron chi connectivity index (χ1n) is 9.34. The molecule has 0 fully saturated rings. The number of amides is 2. The molecule has 8 heteroatoms.